The average Bonchev–Trinajstić information content (AvgIpc) is 2.73. The van der Waals surface area contributed by atoms with Gasteiger partial charge in [0.05, 0.1) is 24.1 Å². The highest BCUT2D eigenvalue weighted by Gasteiger charge is 2.25. The Morgan fingerprint density at radius 2 is 1.66 bits per heavy atom. The summed E-state index contributed by atoms with van der Waals surface area (Å²) in [5.74, 6) is -0.642. The first kappa shape index (κ1) is 22.8. The van der Waals surface area contributed by atoms with Crippen LogP contribution >= 0.6 is 0 Å². The number of urea groups is 1. The van der Waals surface area contributed by atoms with Gasteiger partial charge in [0.15, 0.2) is 17.0 Å². The number of sulfonamides is 1. The molecule has 0 saturated carbocycles. The van der Waals surface area contributed by atoms with Gasteiger partial charge in [0.2, 0.25) is 5.95 Å². The van der Waals surface area contributed by atoms with E-state index in [2.05, 4.69) is 30.0 Å². The lowest BCUT2D eigenvalue weighted by Gasteiger charge is -2.15. The second-order valence-corrected chi connectivity index (χ2v) is 8.53. The Labute approximate surface area is 184 Å². The van der Waals surface area contributed by atoms with Crippen molar-refractivity contribution >= 4 is 45.0 Å². The summed E-state index contributed by atoms with van der Waals surface area (Å²) < 4.78 is 31.8. The average molecular weight is 459 g/mol. The maximum Gasteiger partial charge on any atom is 0.339 e. The van der Waals surface area contributed by atoms with Gasteiger partial charge in [-0.25, -0.2) is 32.7 Å². The lowest BCUT2D eigenvalue weighted by Crippen LogP contribution is -2.35. The Bertz CT molecular complexity index is 1330. The van der Waals surface area contributed by atoms with E-state index in [1.807, 2.05) is 4.72 Å². The SMILES string of the molecule is COC(=O)c1ccccc1S(=O)(=O)NC(=O)Nc1nc(N(C)C)c2nc(C)c(C)nc2n1. The summed E-state index contributed by atoms with van der Waals surface area (Å²) in [7, 11) is 0.185. The molecule has 0 fully saturated rings. The van der Waals surface area contributed by atoms with Crippen LogP contribution in [0.3, 0.4) is 0 Å². The van der Waals surface area contributed by atoms with Crippen molar-refractivity contribution in [2.75, 3.05) is 31.4 Å². The molecule has 13 heteroatoms. The zero-order valence-electron chi connectivity index (χ0n) is 18.0. The molecule has 0 bridgehead atoms. The van der Waals surface area contributed by atoms with Crippen LogP contribution in [0.2, 0.25) is 0 Å². The van der Waals surface area contributed by atoms with E-state index < -0.39 is 26.9 Å². The standard InChI is InChI=1S/C19H21N7O5S/c1-10-11(2)21-15-14(20-10)16(26(3)4)23-18(22-15)24-19(28)25-32(29,30)13-9-7-6-8-12(13)17(27)31-5/h6-9H,1-5H3,(H2,21,22,23,24,25,28). The highest BCUT2D eigenvalue weighted by molar-refractivity contribution is 7.90. The van der Waals surface area contributed by atoms with Gasteiger partial charge in [-0.1, -0.05) is 12.1 Å². The normalized spacial score (nSPS) is 11.2. The fraction of sp³-hybridized carbons (Fsp3) is 0.263. The number of hydrogen-bond acceptors (Lipinski definition) is 10. The summed E-state index contributed by atoms with van der Waals surface area (Å²) in [4.78, 5) is 42.8. The van der Waals surface area contributed by atoms with Gasteiger partial charge in [-0.3, -0.25) is 5.32 Å². The molecule has 0 spiro atoms. The lowest BCUT2D eigenvalue weighted by atomic mass is 10.2. The number of rotatable bonds is 5. The summed E-state index contributed by atoms with van der Waals surface area (Å²) >= 11 is 0. The van der Waals surface area contributed by atoms with Crippen molar-refractivity contribution in [3.05, 3.63) is 41.2 Å². The number of fused-ring (bicyclic) bond motifs is 1. The predicted molar refractivity (Wildman–Crippen MR) is 116 cm³/mol. The second kappa shape index (κ2) is 8.70. The van der Waals surface area contributed by atoms with E-state index in [1.165, 1.54) is 24.3 Å². The van der Waals surface area contributed by atoms with E-state index in [1.54, 1.807) is 32.8 Å². The Balaban J connectivity index is 1.93. The molecular weight excluding hydrogens is 438 g/mol. The van der Waals surface area contributed by atoms with E-state index in [0.717, 1.165) is 7.11 Å². The molecule has 2 aromatic heterocycles. The highest BCUT2D eigenvalue weighted by atomic mass is 32.2. The second-order valence-electron chi connectivity index (χ2n) is 6.88. The molecule has 0 unspecified atom stereocenters. The van der Waals surface area contributed by atoms with Gasteiger partial charge in [-0.05, 0) is 26.0 Å². The molecule has 1 aromatic carbocycles. The molecule has 2 amide bonds. The summed E-state index contributed by atoms with van der Waals surface area (Å²) in [5.41, 5.74) is 1.81. The van der Waals surface area contributed by atoms with Crippen LogP contribution < -0.4 is 14.9 Å². The van der Waals surface area contributed by atoms with Crippen molar-refractivity contribution in [2.24, 2.45) is 0 Å². The summed E-state index contributed by atoms with van der Waals surface area (Å²) in [6, 6.07) is 4.22. The van der Waals surface area contributed by atoms with E-state index in [4.69, 9.17) is 0 Å². The molecule has 0 saturated heterocycles. The molecule has 0 aliphatic carbocycles. The number of aromatic nitrogens is 4. The Morgan fingerprint density at radius 1 is 1.00 bits per heavy atom. The Morgan fingerprint density at radius 3 is 2.31 bits per heavy atom. The maximum atomic E-state index is 12.7. The van der Waals surface area contributed by atoms with Crippen molar-refractivity contribution < 1.29 is 22.7 Å². The minimum absolute atomic E-state index is 0.173. The number of ether oxygens (including phenoxy) is 1. The van der Waals surface area contributed by atoms with Gasteiger partial charge >= 0.3 is 12.0 Å². The van der Waals surface area contributed by atoms with Crippen LogP contribution in [0.25, 0.3) is 11.2 Å². The zero-order chi connectivity index (χ0) is 23.6. The number of esters is 1. The van der Waals surface area contributed by atoms with Gasteiger partial charge in [0, 0.05) is 14.1 Å². The van der Waals surface area contributed by atoms with Crippen LogP contribution in [0.15, 0.2) is 29.2 Å². The van der Waals surface area contributed by atoms with Crippen molar-refractivity contribution in [3.8, 4) is 0 Å². The first-order valence-corrected chi connectivity index (χ1v) is 10.7. The minimum atomic E-state index is -4.40. The number of nitrogens with zero attached hydrogens (tertiary/aromatic N) is 5. The van der Waals surface area contributed by atoms with Gasteiger partial charge in [0.25, 0.3) is 10.0 Å². The van der Waals surface area contributed by atoms with Crippen molar-refractivity contribution in [3.63, 3.8) is 0 Å². The summed E-state index contributed by atoms with van der Waals surface area (Å²) in [6.07, 6.45) is 0. The third-order valence-electron chi connectivity index (χ3n) is 4.38. The van der Waals surface area contributed by atoms with Crippen molar-refractivity contribution in [2.45, 2.75) is 18.7 Å². The molecule has 2 heterocycles. The largest absolute Gasteiger partial charge is 0.465 e. The summed E-state index contributed by atoms with van der Waals surface area (Å²) in [5, 5.41) is 2.29. The zero-order valence-corrected chi connectivity index (χ0v) is 18.8. The van der Waals surface area contributed by atoms with Crippen LogP contribution in [0.4, 0.5) is 16.6 Å². The number of hydrogen-bond donors (Lipinski definition) is 2. The number of benzene rings is 1. The quantitative estimate of drug-likeness (QED) is 0.535. The first-order chi connectivity index (χ1) is 15.0. The molecule has 32 heavy (non-hydrogen) atoms. The predicted octanol–water partition coefficient (Wildman–Crippen LogP) is 1.40. The highest BCUT2D eigenvalue weighted by Crippen LogP contribution is 2.22. The third kappa shape index (κ3) is 4.56. The molecule has 0 aliphatic heterocycles. The number of amides is 2. The molecule has 0 aliphatic rings. The Kier molecular flexibility index (Phi) is 6.20. The molecule has 12 nitrogen and oxygen atoms in total. The van der Waals surface area contributed by atoms with Gasteiger partial charge in [-0.15, -0.1) is 0 Å². The van der Waals surface area contributed by atoms with Crippen molar-refractivity contribution in [1.82, 2.24) is 24.7 Å². The maximum absolute atomic E-state index is 12.7. The Hall–Kier alpha value is -3.87. The van der Waals surface area contributed by atoms with E-state index in [9.17, 15) is 18.0 Å². The number of nitrogens with one attached hydrogen (secondary N) is 2. The molecule has 3 rings (SSSR count). The number of carbonyl (C=O) groups is 2. The fourth-order valence-corrected chi connectivity index (χ4v) is 3.85. The van der Waals surface area contributed by atoms with Crippen molar-refractivity contribution in [1.29, 1.82) is 0 Å². The minimum Gasteiger partial charge on any atom is -0.465 e. The first-order valence-electron chi connectivity index (χ1n) is 9.25. The lowest BCUT2D eigenvalue weighted by molar-refractivity contribution is 0.0596. The molecule has 3 aromatic rings. The third-order valence-corrected chi connectivity index (χ3v) is 5.77. The van der Waals surface area contributed by atoms with Gasteiger partial charge in [0.1, 0.15) is 4.90 Å². The molecular formula is C19H21N7O5S. The number of methoxy groups -OCH3 is 1. The molecule has 2 N–H and O–H groups in total. The monoisotopic (exact) mass is 459 g/mol. The van der Waals surface area contributed by atoms with Crippen LogP contribution in [0.5, 0.6) is 0 Å². The summed E-state index contributed by atoms with van der Waals surface area (Å²) in [6.45, 7) is 3.57. The molecule has 0 atom stereocenters. The van der Waals surface area contributed by atoms with Gasteiger partial charge in [-0.2, -0.15) is 9.97 Å². The molecule has 0 radical (unpaired) electrons. The van der Waals surface area contributed by atoms with E-state index >= 15 is 0 Å². The topological polar surface area (TPSA) is 156 Å². The number of anilines is 2. The van der Waals surface area contributed by atoms with Crippen LogP contribution in [0, 0.1) is 13.8 Å². The fourth-order valence-electron chi connectivity index (χ4n) is 2.75. The number of carbonyl (C=O) groups excluding carboxylic acids is 2. The van der Waals surface area contributed by atoms with E-state index in [0.29, 0.717) is 22.7 Å². The van der Waals surface area contributed by atoms with Crippen LogP contribution in [0.1, 0.15) is 21.7 Å². The smallest absolute Gasteiger partial charge is 0.339 e. The van der Waals surface area contributed by atoms with E-state index in [-0.39, 0.29) is 17.2 Å². The van der Waals surface area contributed by atoms with Crippen LogP contribution in [-0.2, 0) is 14.8 Å². The van der Waals surface area contributed by atoms with Gasteiger partial charge < -0.3 is 9.64 Å². The molecule has 168 valence electrons. The number of aryl methyl sites for hydroxylation is 2. The van der Waals surface area contributed by atoms with Crippen LogP contribution in [-0.4, -0.2) is 61.6 Å².